The van der Waals surface area contributed by atoms with Crippen LogP contribution in [0.25, 0.3) is 27.1 Å². The van der Waals surface area contributed by atoms with E-state index in [4.69, 9.17) is 9.47 Å². The molecule has 2 aromatic heterocycles. The maximum Gasteiger partial charge on any atom is 0.234 e. The number of nitrogens with zero attached hydrogens (tertiary/aromatic N) is 5. The summed E-state index contributed by atoms with van der Waals surface area (Å²) in [6.07, 6.45) is 0. The summed E-state index contributed by atoms with van der Waals surface area (Å²) in [6, 6.07) is 15.4. The van der Waals surface area contributed by atoms with Crippen LogP contribution in [0.5, 0.6) is 11.5 Å². The molecule has 0 saturated carbocycles. The van der Waals surface area contributed by atoms with E-state index in [2.05, 4.69) is 20.3 Å². The topological polar surface area (TPSA) is 75.0 Å². The highest BCUT2D eigenvalue weighted by molar-refractivity contribution is 7.17. The smallest absolute Gasteiger partial charge is 0.234 e. The number of hydrogen-bond donors (Lipinski definition) is 0. The van der Waals surface area contributed by atoms with E-state index in [1.54, 1.807) is 18.9 Å². The molecule has 0 bridgehead atoms. The third-order valence-electron chi connectivity index (χ3n) is 4.05. The first-order valence-corrected chi connectivity index (χ1v) is 9.06. The number of methoxy groups -OCH3 is 2. The Morgan fingerprint density at radius 1 is 0.815 bits per heavy atom. The Bertz CT molecular complexity index is 1050. The molecule has 0 unspecified atom stereocenters. The quantitative estimate of drug-likeness (QED) is 0.525. The minimum absolute atomic E-state index is 0.636. The highest BCUT2D eigenvalue weighted by atomic mass is 32.1. The van der Waals surface area contributed by atoms with E-state index in [0.29, 0.717) is 11.0 Å². The van der Waals surface area contributed by atoms with Gasteiger partial charge < -0.3 is 9.47 Å². The van der Waals surface area contributed by atoms with Crippen LogP contribution in [0.4, 0.5) is 0 Å². The highest BCUT2D eigenvalue weighted by Gasteiger charge is 2.15. The molecule has 4 aromatic rings. The number of benzene rings is 2. The van der Waals surface area contributed by atoms with Crippen molar-refractivity contribution in [3.63, 3.8) is 0 Å². The van der Waals surface area contributed by atoms with Crippen molar-refractivity contribution in [2.45, 2.75) is 6.92 Å². The van der Waals surface area contributed by atoms with Crippen LogP contribution >= 0.6 is 11.3 Å². The summed E-state index contributed by atoms with van der Waals surface area (Å²) in [6.45, 7) is 1.90. The first kappa shape index (κ1) is 17.2. The van der Waals surface area contributed by atoms with Gasteiger partial charge in [0, 0.05) is 11.1 Å². The van der Waals surface area contributed by atoms with Gasteiger partial charge in [0.15, 0.2) is 5.82 Å². The Morgan fingerprint density at radius 2 is 1.41 bits per heavy atom. The van der Waals surface area contributed by atoms with Crippen LogP contribution in [0.2, 0.25) is 0 Å². The average Bonchev–Trinajstić information content (AvgIpc) is 3.35. The third kappa shape index (κ3) is 3.39. The molecule has 2 aromatic carbocycles. The molecule has 0 aliphatic carbocycles. The molecule has 0 atom stereocenters. The molecule has 136 valence electrons. The molecule has 0 fully saturated rings. The number of hydrogen-bond acceptors (Lipinski definition) is 7. The molecule has 0 radical (unpaired) electrons. The maximum absolute atomic E-state index is 5.19. The zero-order chi connectivity index (χ0) is 18.8. The Kier molecular flexibility index (Phi) is 4.55. The molecule has 0 spiro atoms. The number of ether oxygens (including phenoxy) is 2. The molecule has 0 amide bonds. The van der Waals surface area contributed by atoms with Gasteiger partial charge in [0.1, 0.15) is 22.3 Å². The SMILES string of the molecule is COc1ccc(-c2nc(C)n(-c3nnc(-c4ccc(OC)cc4)s3)n2)cc1. The predicted octanol–water partition coefficient (Wildman–Crippen LogP) is 3.78. The molecule has 27 heavy (non-hydrogen) atoms. The van der Waals surface area contributed by atoms with Crippen LogP contribution in [0.1, 0.15) is 5.82 Å². The fourth-order valence-corrected chi connectivity index (χ4v) is 3.43. The molecule has 7 nitrogen and oxygen atoms in total. The van der Waals surface area contributed by atoms with Gasteiger partial charge in [-0.2, -0.15) is 4.68 Å². The number of aromatic nitrogens is 5. The summed E-state index contributed by atoms with van der Waals surface area (Å²) >= 11 is 1.46. The van der Waals surface area contributed by atoms with E-state index in [1.165, 1.54) is 11.3 Å². The standard InChI is InChI=1S/C19H17N5O2S/c1-12-20-17(13-4-8-15(25-2)9-5-13)23-24(12)19-22-21-18(27-19)14-6-10-16(26-3)11-7-14/h4-11H,1-3H3. The Morgan fingerprint density at radius 3 is 2.00 bits per heavy atom. The number of aryl methyl sites for hydroxylation is 1. The first-order chi connectivity index (χ1) is 13.2. The van der Waals surface area contributed by atoms with Crippen LogP contribution in [0, 0.1) is 6.92 Å². The monoisotopic (exact) mass is 379 g/mol. The van der Waals surface area contributed by atoms with Crippen LogP contribution < -0.4 is 9.47 Å². The lowest BCUT2D eigenvalue weighted by molar-refractivity contribution is 0.415. The molecule has 0 aliphatic heterocycles. The van der Waals surface area contributed by atoms with E-state index >= 15 is 0 Å². The second-order valence-corrected chi connectivity index (χ2v) is 6.70. The van der Waals surface area contributed by atoms with Gasteiger partial charge >= 0.3 is 0 Å². The van der Waals surface area contributed by atoms with Gasteiger partial charge in [-0.15, -0.1) is 15.3 Å². The Labute approximate surface area is 160 Å². The molecular weight excluding hydrogens is 362 g/mol. The van der Waals surface area contributed by atoms with E-state index in [1.807, 2.05) is 55.5 Å². The van der Waals surface area contributed by atoms with Gasteiger partial charge in [0.25, 0.3) is 0 Å². The summed E-state index contributed by atoms with van der Waals surface area (Å²) in [7, 11) is 3.29. The second-order valence-electron chi connectivity index (χ2n) is 5.74. The first-order valence-electron chi connectivity index (χ1n) is 8.24. The molecule has 2 heterocycles. The van der Waals surface area contributed by atoms with Gasteiger partial charge in [-0.25, -0.2) is 4.98 Å². The predicted molar refractivity (Wildman–Crippen MR) is 104 cm³/mol. The maximum atomic E-state index is 5.19. The van der Waals surface area contributed by atoms with Crippen molar-refractivity contribution in [2.24, 2.45) is 0 Å². The Balaban J connectivity index is 1.63. The molecular formula is C19H17N5O2S. The van der Waals surface area contributed by atoms with Crippen molar-refractivity contribution >= 4 is 11.3 Å². The molecule has 0 aliphatic rings. The zero-order valence-corrected chi connectivity index (χ0v) is 15.9. The lowest BCUT2D eigenvalue weighted by Gasteiger charge is -2.00. The minimum Gasteiger partial charge on any atom is -0.497 e. The molecule has 0 N–H and O–H groups in total. The van der Waals surface area contributed by atoms with E-state index in [0.717, 1.165) is 33.5 Å². The zero-order valence-electron chi connectivity index (χ0n) is 15.1. The van der Waals surface area contributed by atoms with E-state index < -0.39 is 0 Å². The van der Waals surface area contributed by atoms with Crippen molar-refractivity contribution < 1.29 is 9.47 Å². The highest BCUT2D eigenvalue weighted by Crippen LogP contribution is 2.28. The summed E-state index contributed by atoms with van der Waals surface area (Å²) < 4.78 is 12.1. The van der Waals surface area contributed by atoms with Gasteiger partial charge in [0.2, 0.25) is 5.13 Å². The molecule has 0 saturated heterocycles. The number of rotatable bonds is 5. The second kappa shape index (κ2) is 7.16. The van der Waals surface area contributed by atoms with Crippen LogP contribution in [0.3, 0.4) is 0 Å². The lowest BCUT2D eigenvalue weighted by Crippen LogP contribution is -1.98. The van der Waals surface area contributed by atoms with Crippen molar-refractivity contribution in [1.29, 1.82) is 0 Å². The van der Waals surface area contributed by atoms with Crippen molar-refractivity contribution in [1.82, 2.24) is 25.0 Å². The van der Waals surface area contributed by atoms with Crippen LogP contribution in [-0.2, 0) is 0 Å². The third-order valence-corrected chi connectivity index (χ3v) is 5.00. The van der Waals surface area contributed by atoms with E-state index in [9.17, 15) is 0 Å². The molecule has 8 heteroatoms. The summed E-state index contributed by atoms with van der Waals surface area (Å²) in [5.41, 5.74) is 1.89. The minimum atomic E-state index is 0.636. The largest absolute Gasteiger partial charge is 0.497 e. The Hall–Kier alpha value is -3.26. The fourth-order valence-electron chi connectivity index (χ4n) is 2.58. The summed E-state index contributed by atoms with van der Waals surface area (Å²) in [5.74, 6) is 2.98. The average molecular weight is 379 g/mol. The summed E-state index contributed by atoms with van der Waals surface area (Å²) in [4.78, 5) is 4.55. The van der Waals surface area contributed by atoms with Gasteiger partial charge in [-0.05, 0) is 55.5 Å². The van der Waals surface area contributed by atoms with Gasteiger partial charge in [-0.1, -0.05) is 11.3 Å². The fraction of sp³-hybridized carbons (Fsp3) is 0.158. The van der Waals surface area contributed by atoms with Gasteiger partial charge in [-0.3, -0.25) is 0 Å². The van der Waals surface area contributed by atoms with Crippen LogP contribution in [-0.4, -0.2) is 39.2 Å². The molecule has 4 rings (SSSR count). The normalized spacial score (nSPS) is 10.8. The van der Waals surface area contributed by atoms with Crippen molar-refractivity contribution in [3.05, 3.63) is 54.4 Å². The van der Waals surface area contributed by atoms with Crippen molar-refractivity contribution in [3.8, 4) is 38.6 Å². The summed E-state index contributed by atoms with van der Waals surface area (Å²) in [5, 5.41) is 14.6. The lowest BCUT2D eigenvalue weighted by atomic mass is 10.2. The van der Waals surface area contributed by atoms with Crippen molar-refractivity contribution in [2.75, 3.05) is 14.2 Å². The van der Waals surface area contributed by atoms with Crippen LogP contribution in [0.15, 0.2) is 48.5 Å². The van der Waals surface area contributed by atoms with E-state index in [-0.39, 0.29) is 0 Å². The van der Waals surface area contributed by atoms with Gasteiger partial charge in [0.05, 0.1) is 14.2 Å².